The van der Waals surface area contributed by atoms with Gasteiger partial charge in [-0.3, -0.25) is 14.9 Å². The number of hydrogen-bond acceptors (Lipinski definition) is 7. The summed E-state index contributed by atoms with van der Waals surface area (Å²) in [5, 5.41) is 21.5. The van der Waals surface area contributed by atoms with Crippen molar-refractivity contribution in [2.75, 3.05) is 5.75 Å². The Morgan fingerprint density at radius 2 is 2.21 bits per heavy atom. The predicted molar refractivity (Wildman–Crippen MR) is 91.4 cm³/mol. The summed E-state index contributed by atoms with van der Waals surface area (Å²) >= 11 is 7.15. The molecule has 24 heavy (non-hydrogen) atoms. The van der Waals surface area contributed by atoms with E-state index in [9.17, 15) is 14.9 Å². The van der Waals surface area contributed by atoms with Gasteiger partial charge in [-0.15, -0.1) is 5.10 Å². The minimum absolute atomic E-state index is 0.0320. The van der Waals surface area contributed by atoms with Crippen LogP contribution < -0.4 is 5.32 Å². The number of halogens is 1. The molecule has 0 aliphatic carbocycles. The Bertz CT molecular complexity index is 877. The van der Waals surface area contributed by atoms with Gasteiger partial charge in [-0.25, -0.2) is 0 Å². The standard InChI is InChI=1S/C14H9ClN4O4S/c15-10-5-8(1-3-11(10)19(21)22)12-4-2-9(23-12)6-16-18-14-17-13(20)7-24-14/h1-6H,7H2,(H,17,18,20). The number of nitrogens with one attached hydrogen (secondary N) is 1. The van der Waals surface area contributed by atoms with Crippen molar-refractivity contribution in [3.63, 3.8) is 0 Å². The molecular weight excluding hydrogens is 356 g/mol. The van der Waals surface area contributed by atoms with Gasteiger partial charge in [0.1, 0.15) is 16.5 Å². The summed E-state index contributed by atoms with van der Waals surface area (Å²) in [5.74, 6) is 1.16. The average Bonchev–Trinajstić information content (AvgIpc) is 3.16. The number of nitro groups is 1. The summed E-state index contributed by atoms with van der Waals surface area (Å²) in [6, 6.07) is 7.70. The summed E-state index contributed by atoms with van der Waals surface area (Å²) in [6.07, 6.45) is 1.40. The smallest absolute Gasteiger partial charge is 0.287 e. The number of nitro benzene ring substituents is 1. The van der Waals surface area contributed by atoms with Crippen molar-refractivity contribution in [3.8, 4) is 11.3 Å². The first-order valence-electron chi connectivity index (χ1n) is 6.61. The summed E-state index contributed by atoms with van der Waals surface area (Å²) in [6.45, 7) is 0. The number of thioether (sulfide) groups is 1. The minimum atomic E-state index is -0.550. The van der Waals surface area contributed by atoms with E-state index in [1.165, 1.54) is 30.1 Å². The maximum absolute atomic E-state index is 11.0. The number of benzene rings is 1. The van der Waals surface area contributed by atoms with Gasteiger partial charge in [0.2, 0.25) is 5.91 Å². The zero-order valence-electron chi connectivity index (χ0n) is 11.9. The van der Waals surface area contributed by atoms with Gasteiger partial charge < -0.3 is 9.73 Å². The van der Waals surface area contributed by atoms with E-state index >= 15 is 0 Å². The van der Waals surface area contributed by atoms with E-state index < -0.39 is 4.92 Å². The molecule has 0 spiro atoms. The van der Waals surface area contributed by atoms with Gasteiger partial charge in [-0.05, 0) is 24.3 Å². The number of furan rings is 1. The molecule has 10 heteroatoms. The van der Waals surface area contributed by atoms with E-state index in [1.54, 1.807) is 18.2 Å². The van der Waals surface area contributed by atoms with E-state index in [2.05, 4.69) is 15.5 Å². The lowest BCUT2D eigenvalue weighted by atomic mass is 10.1. The molecule has 0 radical (unpaired) electrons. The molecule has 8 nitrogen and oxygen atoms in total. The third-order valence-electron chi connectivity index (χ3n) is 2.98. The topological polar surface area (TPSA) is 110 Å². The first-order valence-corrected chi connectivity index (χ1v) is 7.97. The maximum Gasteiger partial charge on any atom is 0.287 e. The van der Waals surface area contributed by atoms with E-state index in [0.717, 1.165) is 0 Å². The van der Waals surface area contributed by atoms with Crippen LogP contribution in [0.5, 0.6) is 0 Å². The second kappa shape index (κ2) is 6.85. The molecule has 1 aromatic carbocycles. The Hall–Kier alpha value is -2.65. The Kier molecular flexibility index (Phi) is 4.63. The molecule has 0 unspecified atom stereocenters. The Labute approximate surface area is 144 Å². The van der Waals surface area contributed by atoms with Crippen LogP contribution in [-0.2, 0) is 4.79 Å². The van der Waals surface area contributed by atoms with Crippen molar-refractivity contribution in [2.24, 2.45) is 10.2 Å². The number of nitrogens with zero attached hydrogens (tertiary/aromatic N) is 3. The molecule has 0 bridgehead atoms. The average molecular weight is 365 g/mol. The number of amides is 1. The molecule has 0 atom stereocenters. The van der Waals surface area contributed by atoms with Crippen molar-refractivity contribution < 1.29 is 14.1 Å². The zero-order valence-corrected chi connectivity index (χ0v) is 13.5. The predicted octanol–water partition coefficient (Wildman–Crippen LogP) is 3.06. The lowest BCUT2D eigenvalue weighted by molar-refractivity contribution is -0.384. The van der Waals surface area contributed by atoms with Gasteiger partial charge in [0.15, 0.2) is 5.17 Å². The quantitative estimate of drug-likeness (QED) is 0.509. The van der Waals surface area contributed by atoms with Crippen LogP contribution in [0.3, 0.4) is 0 Å². The highest BCUT2D eigenvalue weighted by Crippen LogP contribution is 2.30. The largest absolute Gasteiger partial charge is 0.455 e. The number of carbonyl (C=O) groups excluding carboxylic acids is 1. The molecule has 2 heterocycles. The minimum Gasteiger partial charge on any atom is -0.455 e. The van der Waals surface area contributed by atoms with E-state index in [4.69, 9.17) is 16.0 Å². The van der Waals surface area contributed by atoms with Crippen molar-refractivity contribution in [3.05, 3.63) is 51.2 Å². The van der Waals surface area contributed by atoms with Crippen LogP contribution in [0.25, 0.3) is 11.3 Å². The Morgan fingerprint density at radius 1 is 1.38 bits per heavy atom. The van der Waals surface area contributed by atoms with Gasteiger partial charge in [-0.1, -0.05) is 23.4 Å². The normalized spacial score (nSPS) is 16.0. The highest BCUT2D eigenvalue weighted by atomic mass is 35.5. The van der Waals surface area contributed by atoms with Crippen LogP contribution in [0.15, 0.2) is 45.0 Å². The molecule has 0 saturated carbocycles. The molecule has 1 N–H and O–H groups in total. The molecule has 3 rings (SSSR count). The van der Waals surface area contributed by atoms with Gasteiger partial charge >= 0.3 is 0 Å². The molecule has 2 aromatic rings. The fourth-order valence-corrected chi connectivity index (χ4v) is 2.78. The highest BCUT2D eigenvalue weighted by Gasteiger charge is 2.16. The zero-order chi connectivity index (χ0) is 17.1. The lowest BCUT2D eigenvalue weighted by Crippen LogP contribution is -2.19. The van der Waals surface area contributed by atoms with Crippen molar-refractivity contribution in [2.45, 2.75) is 0 Å². The Balaban J connectivity index is 1.75. The molecule has 1 fully saturated rings. The number of carbonyl (C=O) groups is 1. The second-order valence-corrected chi connectivity index (χ2v) is 5.98. The number of hydrogen-bond donors (Lipinski definition) is 1. The fourth-order valence-electron chi connectivity index (χ4n) is 1.90. The summed E-state index contributed by atoms with van der Waals surface area (Å²) in [5.41, 5.74) is 0.441. The van der Waals surface area contributed by atoms with E-state index in [-0.39, 0.29) is 16.6 Å². The van der Waals surface area contributed by atoms with Crippen molar-refractivity contribution in [1.82, 2.24) is 5.32 Å². The maximum atomic E-state index is 11.0. The molecule has 1 saturated heterocycles. The number of amidine groups is 1. The van der Waals surface area contributed by atoms with Gasteiger partial charge in [-0.2, -0.15) is 5.10 Å². The van der Waals surface area contributed by atoms with Crippen LogP contribution >= 0.6 is 23.4 Å². The molecule has 1 aromatic heterocycles. The van der Waals surface area contributed by atoms with Gasteiger partial charge in [0, 0.05) is 11.6 Å². The first-order chi connectivity index (χ1) is 11.5. The summed E-state index contributed by atoms with van der Waals surface area (Å²) in [7, 11) is 0. The molecule has 1 amide bonds. The number of rotatable bonds is 4. The van der Waals surface area contributed by atoms with Crippen molar-refractivity contribution >= 4 is 46.3 Å². The third-order valence-corrected chi connectivity index (χ3v) is 4.14. The summed E-state index contributed by atoms with van der Waals surface area (Å²) < 4.78 is 5.57. The van der Waals surface area contributed by atoms with Crippen LogP contribution in [0.1, 0.15) is 5.76 Å². The van der Waals surface area contributed by atoms with Crippen molar-refractivity contribution in [1.29, 1.82) is 0 Å². The molecule has 1 aliphatic rings. The van der Waals surface area contributed by atoms with Crippen LogP contribution in [0, 0.1) is 10.1 Å². The lowest BCUT2D eigenvalue weighted by Gasteiger charge is -1.99. The van der Waals surface area contributed by atoms with Crippen LogP contribution in [0.4, 0.5) is 5.69 Å². The Morgan fingerprint density at radius 3 is 2.88 bits per heavy atom. The molecule has 1 aliphatic heterocycles. The third kappa shape index (κ3) is 3.63. The first kappa shape index (κ1) is 16.2. The highest BCUT2D eigenvalue weighted by molar-refractivity contribution is 8.15. The van der Waals surface area contributed by atoms with Crippen LogP contribution in [-0.4, -0.2) is 28.0 Å². The van der Waals surface area contributed by atoms with E-state index in [1.807, 2.05) is 0 Å². The summed E-state index contributed by atoms with van der Waals surface area (Å²) in [4.78, 5) is 21.2. The molecular formula is C14H9ClN4O4S. The van der Waals surface area contributed by atoms with Gasteiger partial charge in [0.25, 0.3) is 5.69 Å². The monoisotopic (exact) mass is 364 g/mol. The SMILES string of the molecule is O=C1CSC(=NN=Cc2ccc(-c3ccc([N+](=O)[O-])c(Cl)c3)o2)N1. The van der Waals surface area contributed by atoms with E-state index in [0.29, 0.717) is 28.0 Å². The second-order valence-electron chi connectivity index (χ2n) is 4.61. The fraction of sp³-hybridized carbons (Fsp3) is 0.0714. The molecule has 122 valence electrons. The van der Waals surface area contributed by atoms with Gasteiger partial charge in [0.05, 0.1) is 16.9 Å². The van der Waals surface area contributed by atoms with Crippen LogP contribution in [0.2, 0.25) is 5.02 Å².